The second kappa shape index (κ2) is 8.84. The van der Waals surface area contributed by atoms with E-state index in [0.717, 1.165) is 13.1 Å². The van der Waals surface area contributed by atoms with Crippen LogP contribution in [0.1, 0.15) is 10.4 Å². The van der Waals surface area contributed by atoms with Gasteiger partial charge in [-0.15, -0.1) is 0 Å². The molecule has 0 aliphatic heterocycles. The fraction of sp³-hybridized carbons (Fsp3) is 0.353. The average Bonchev–Trinajstić information content (AvgIpc) is 2.61. The molecule has 25 heavy (non-hydrogen) atoms. The number of ether oxygens (including phenoxy) is 2. The molecule has 1 aromatic carbocycles. The number of amides is 1. The first-order chi connectivity index (χ1) is 12.0. The number of hydrogen-bond donors (Lipinski definition) is 2. The molecule has 0 unspecified atom stereocenters. The normalized spacial score (nSPS) is 10.4. The Kier molecular flexibility index (Phi) is 6.53. The molecule has 0 saturated carbocycles. The van der Waals surface area contributed by atoms with Crippen LogP contribution in [0, 0.1) is 0 Å². The topological polar surface area (TPSA) is 88.6 Å². The highest BCUT2D eigenvalue weighted by atomic mass is 16.5. The predicted octanol–water partition coefficient (Wildman–Crippen LogP) is 1.72. The second-order valence-electron chi connectivity index (χ2n) is 5.55. The molecular weight excluding hydrogens is 322 g/mol. The van der Waals surface area contributed by atoms with Gasteiger partial charge in [0.25, 0.3) is 5.91 Å². The van der Waals surface area contributed by atoms with Crippen molar-refractivity contribution in [2.45, 2.75) is 0 Å². The van der Waals surface area contributed by atoms with Crippen molar-refractivity contribution in [3.05, 3.63) is 36.2 Å². The molecule has 0 saturated heterocycles. The van der Waals surface area contributed by atoms with Crippen molar-refractivity contribution < 1.29 is 14.3 Å². The van der Waals surface area contributed by atoms with Crippen molar-refractivity contribution in [2.24, 2.45) is 0 Å². The Bertz CT molecular complexity index is 704. The summed E-state index contributed by atoms with van der Waals surface area (Å²) in [5.74, 6) is 1.32. The van der Waals surface area contributed by atoms with Gasteiger partial charge < -0.3 is 25.0 Å². The number of rotatable bonds is 8. The van der Waals surface area contributed by atoms with Crippen LogP contribution >= 0.6 is 0 Å². The SMILES string of the molecule is COc1ccc(NC(=O)c2cnc(NCCN(C)C)nc2)cc1OC. The van der Waals surface area contributed by atoms with E-state index in [0.29, 0.717) is 28.7 Å². The summed E-state index contributed by atoms with van der Waals surface area (Å²) in [6, 6.07) is 5.15. The number of nitrogens with zero attached hydrogens (tertiary/aromatic N) is 3. The molecule has 0 aliphatic carbocycles. The largest absolute Gasteiger partial charge is 0.493 e. The Morgan fingerprint density at radius 2 is 1.80 bits per heavy atom. The highest BCUT2D eigenvalue weighted by Crippen LogP contribution is 2.29. The minimum absolute atomic E-state index is 0.299. The third kappa shape index (κ3) is 5.32. The third-order valence-electron chi connectivity index (χ3n) is 3.40. The Labute approximate surface area is 147 Å². The second-order valence-corrected chi connectivity index (χ2v) is 5.55. The van der Waals surface area contributed by atoms with Crippen molar-refractivity contribution in [2.75, 3.05) is 52.0 Å². The van der Waals surface area contributed by atoms with Crippen molar-refractivity contribution in [3.8, 4) is 11.5 Å². The van der Waals surface area contributed by atoms with Crippen LogP contribution < -0.4 is 20.1 Å². The molecule has 134 valence electrons. The van der Waals surface area contributed by atoms with E-state index < -0.39 is 0 Å². The first-order valence-corrected chi connectivity index (χ1v) is 7.77. The Balaban J connectivity index is 1.98. The van der Waals surface area contributed by atoms with Gasteiger partial charge in [0, 0.05) is 37.2 Å². The Morgan fingerprint density at radius 3 is 2.40 bits per heavy atom. The summed E-state index contributed by atoms with van der Waals surface area (Å²) in [5, 5.41) is 5.87. The lowest BCUT2D eigenvalue weighted by atomic mass is 10.2. The first-order valence-electron chi connectivity index (χ1n) is 7.77. The van der Waals surface area contributed by atoms with Gasteiger partial charge in [0.1, 0.15) is 0 Å². The summed E-state index contributed by atoms with van der Waals surface area (Å²) in [6.45, 7) is 1.59. The molecular formula is C17H23N5O3. The highest BCUT2D eigenvalue weighted by molar-refractivity contribution is 6.04. The van der Waals surface area contributed by atoms with Crippen LogP contribution in [0.5, 0.6) is 11.5 Å². The Hall–Kier alpha value is -2.87. The van der Waals surface area contributed by atoms with Crippen molar-refractivity contribution in [1.82, 2.24) is 14.9 Å². The molecule has 0 radical (unpaired) electrons. The summed E-state index contributed by atoms with van der Waals surface area (Å²) in [7, 11) is 7.08. The van der Waals surface area contributed by atoms with Crippen LogP contribution in [0.25, 0.3) is 0 Å². The zero-order valence-electron chi connectivity index (χ0n) is 14.9. The maximum atomic E-state index is 12.3. The number of nitrogens with one attached hydrogen (secondary N) is 2. The van der Waals surface area contributed by atoms with Gasteiger partial charge in [-0.05, 0) is 26.2 Å². The number of aromatic nitrogens is 2. The van der Waals surface area contributed by atoms with E-state index in [9.17, 15) is 4.79 Å². The molecule has 1 amide bonds. The van der Waals surface area contributed by atoms with E-state index in [1.54, 1.807) is 32.4 Å². The molecule has 2 aromatic rings. The zero-order valence-corrected chi connectivity index (χ0v) is 14.9. The summed E-state index contributed by atoms with van der Waals surface area (Å²) in [4.78, 5) is 22.7. The molecule has 8 heteroatoms. The quantitative estimate of drug-likeness (QED) is 0.753. The summed E-state index contributed by atoms with van der Waals surface area (Å²) < 4.78 is 10.4. The van der Waals surface area contributed by atoms with E-state index in [1.165, 1.54) is 12.4 Å². The van der Waals surface area contributed by atoms with Crippen LogP contribution in [0.2, 0.25) is 0 Å². The smallest absolute Gasteiger partial charge is 0.258 e. The molecule has 2 rings (SSSR count). The molecule has 8 nitrogen and oxygen atoms in total. The first kappa shape index (κ1) is 18.5. The predicted molar refractivity (Wildman–Crippen MR) is 96.6 cm³/mol. The monoisotopic (exact) mass is 345 g/mol. The molecule has 0 atom stereocenters. The number of hydrogen-bond acceptors (Lipinski definition) is 7. The van der Waals surface area contributed by atoms with Crippen LogP contribution in [-0.4, -0.2) is 62.2 Å². The number of methoxy groups -OCH3 is 2. The number of carbonyl (C=O) groups excluding carboxylic acids is 1. The van der Waals surface area contributed by atoms with Crippen molar-refractivity contribution in [3.63, 3.8) is 0 Å². The van der Waals surface area contributed by atoms with Crippen LogP contribution in [0.4, 0.5) is 11.6 Å². The van der Waals surface area contributed by atoms with E-state index in [4.69, 9.17) is 9.47 Å². The fourth-order valence-electron chi connectivity index (χ4n) is 2.05. The van der Waals surface area contributed by atoms with Crippen LogP contribution in [0.15, 0.2) is 30.6 Å². The van der Waals surface area contributed by atoms with E-state index >= 15 is 0 Å². The summed E-state index contributed by atoms with van der Waals surface area (Å²) in [6.07, 6.45) is 2.97. The fourth-order valence-corrected chi connectivity index (χ4v) is 2.05. The molecule has 0 bridgehead atoms. The van der Waals surface area contributed by atoms with E-state index in [-0.39, 0.29) is 5.91 Å². The van der Waals surface area contributed by atoms with Gasteiger partial charge in [-0.25, -0.2) is 9.97 Å². The lowest BCUT2D eigenvalue weighted by Gasteiger charge is -2.11. The van der Waals surface area contributed by atoms with Crippen LogP contribution in [-0.2, 0) is 0 Å². The molecule has 0 fully saturated rings. The molecule has 1 aromatic heterocycles. The molecule has 0 spiro atoms. The zero-order chi connectivity index (χ0) is 18.2. The van der Waals surface area contributed by atoms with Crippen molar-refractivity contribution >= 4 is 17.5 Å². The summed E-state index contributed by atoms with van der Waals surface area (Å²) >= 11 is 0. The van der Waals surface area contributed by atoms with Gasteiger partial charge in [-0.1, -0.05) is 0 Å². The lowest BCUT2D eigenvalue weighted by Crippen LogP contribution is -2.21. The molecule has 2 N–H and O–H groups in total. The minimum atomic E-state index is -0.299. The number of carbonyl (C=O) groups is 1. The number of anilines is 2. The van der Waals surface area contributed by atoms with Gasteiger partial charge >= 0.3 is 0 Å². The van der Waals surface area contributed by atoms with Crippen LogP contribution in [0.3, 0.4) is 0 Å². The van der Waals surface area contributed by atoms with Gasteiger partial charge in [0.2, 0.25) is 5.95 Å². The number of likely N-dealkylation sites (N-methyl/N-ethyl adjacent to an activating group) is 1. The number of benzene rings is 1. The maximum absolute atomic E-state index is 12.3. The lowest BCUT2D eigenvalue weighted by molar-refractivity contribution is 0.102. The third-order valence-corrected chi connectivity index (χ3v) is 3.40. The van der Waals surface area contributed by atoms with E-state index in [1.807, 2.05) is 14.1 Å². The average molecular weight is 345 g/mol. The molecule has 1 heterocycles. The molecule has 0 aliphatic rings. The standard InChI is InChI=1S/C17H23N5O3/c1-22(2)8-7-18-17-19-10-12(11-20-17)16(23)21-13-5-6-14(24-3)15(9-13)25-4/h5-6,9-11H,7-8H2,1-4H3,(H,21,23)(H,18,19,20). The Morgan fingerprint density at radius 1 is 1.12 bits per heavy atom. The van der Waals surface area contributed by atoms with E-state index in [2.05, 4.69) is 25.5 Å². The van der Waals surface area contributed by atoms with Gasteiger partial charge in [0.05, 0.1) is 19.8 Å². The van der Waals surface area contributed by atoms with Gasteiger partial charge in [0.15, 0.2) is 11.5 Å². The maximum Gasteiger partial charge on any atom is 0.258 e. The van der Waals surface area contributed by atoms with Gasteiger partial charge in [-0.2, -0.15) is 0 Å². The van der Waals surface area contributed by atoms with Gasteiger partial charge in [-0.3, -0.25) is 4.79 Å². The summed E-state index contributed by atoms with van der Waals surface area (Å²) in [5.41, 5.74) is 0.962. The highest BCUT2D eigenvalue weighted by Gasteiger charge is 2.10. The van der Waals surface area contributed by atoms with Crippen molar-refractivity contribution in [1.29, 1.82) is 0 Å². The minimum Gasteiger partial charge on any atom is -0.493 e.